The third kappa shape index (κ3) is 5.59. The molecule has 2 aromatic carbocycles. The first-order valence-corrected chi connectivity index (χ1v) is 14.2. The maximum atomic E-state index is 13.0. The van der Waals surface area contributed by atoms with E-state index in [4.69, 9.17) is 34.8 Å². The first-order chi connectivity index (χ1) is 20.1. The van der Waals surface area contributed by atoms with E-state index in [0.717, 1.165) is 10.7 Å². The molecule has 222 valence electrons. The number of azo groups is 1. The molecule has 42 heavy (non-hydrogen) atoms. The molecule has 0 amide bonds. The molecule has 7 unspecified atom stereocenters. The number of nitrogens with zero attached hydrogens (tertiary/aromatic N) is 8. The average molecular weight is 646 g/mol. The molecule has 7 atom stereocenters. The Morgan fingerprint density at radius 1 is 0.929 bits per heavy atom. The Labute approximate surface area is 252 Å². The van der Waals surface area contributed by atoms with Crippen LogP contribution >= 0.6 is 34.8 Å². The van der Waals surface area contributed by atoms with Crippen LogP contribution in [-0.4, -0.2) is 58.1 Å². The van der Waals surface area contributed by atoms with Crippen molar-refractivity contribution in [2.45, 2.75) is 55.6 Å². The highest BCUT2D eigenvalue weighted by Crippen LogP contribution is 2.56. The van der Waals surface area contributed by atoms with Gasteiger partial charge in [0.25, 0.3) is 0 Å². The van der Waals surface area contributed by atoms with Crippen molar-refractivity contribution in [3.8, 4) is 0 Å². The summed E-state index contributed by atoms with van der Waals surface area (Å²) in [7, 11) is 0. The summed E-state index contributed by atoms with van der Waals surface area (Å²) in [6.07, 6.45) is -4.65. The van der Waals surface area contributed by atoms with E-state index in [-0.39, 0.29) is 11.6 Å². The predicted molar refractivity (Wildman–Crippen MR) is 147 cm³/mol. The molecule has 2 aliphatic heterocycles. The van der Waals surface area contributed by atoms with Crippen molar-refractivity contribution in [1.82, 2.24) is 14.8 Å². The Balaban J connectivity index is 0.000000152. The van der Waals surface area contributed by atoms with Crippen molar-refractivity contribution in [3.05, 3.63) is 75.8 Å². The van der Waals surface area contributed by atoms with E-state index in [1.807, 2.05) is 24.3 Å². The Kier molecular flexibility index (Phi) is 8.11. The largest absolute Gasteiger partial charge is 0.416 e. The van der Waals surface area contributed by atoms with Gasteiger partial charge in [0.15, 0.2) is 0 Å². The second-order valence-electron chi connectivity index (χ2n) is 10.4. The molecule has 2 bridgehead atoms. The van der Waals surface area contributed by atoms with Crippen LogP contribution in [-0.2, 0) is 11.3 Å². The molecule has 0 N–H and O–H groups in total. The Hall–Kier alpha value is -2.87. The number of hydrogen-bond acceptors (Lipinski definition) is 8. The zero-order valence-electron chi connectivity index (χ0n) is 21.6. The van der Waals surface area contributed by atoms with E-state index in [1.165, 1.54) is 42.0 Å². The van der Waals surface area contributed by atoms with E-state index in [2.05, 4.69) is 40.4 Å². The molecule has 2 saturated carbocycles. The van der Waals surface area contributed by atoms with E-state index >= 15 is 0 Å². The number of ether oxygens (including phenoxy) is 1. The van der Waals surface area contributed by atoms with Crippen LogP contribution in [0.4, 0.5) is 23.2 Å². The van der Waals surface area contributed by atoms with Gasteiger partial charge in [0.05, 0.1) is 24.9 Å². The first kappa shape index (κ1) is 29.2. The third-order valence-electron chi connectivity index (χ3n) is 7.99. The Morgan fingerprint density at radius 3 is 2.29 bits per heavy atom. The van der Waals surface area contributed by atoms with Gasteiger partial charge in [0.2, 0.25) is 0 Å². The fraction of sp³-hybridized carbons (Fsp3) is 0.462. The van der Waals surface area contributed by atoms with Crippen LogP contribution in [0.15, 0.2) is 75.7 Å². The van der Waals surface area contributed by atoms with Crippen molar-refractivity contribution < 1.29 is 22.3 Å². The minimum Gasteiger partial charge on any atom is -0.315 e. The van der Waals surface area contributed by atoms with Gasteiger partial charge in [-0.05, 0) is 48.4 Å². The number of anilines is 1. The molecule has 1 aromatic heterocycles. The van der Waals surface area contributed by atoms with Gasteiger partial charge in [0, 0.05) is 32.8 Å². The number of aromatic nitrogens is 3. The number of halogens is 7. The van der Waals surface area contributed by atoms with Crippen LogP contribution in [0.3, 0.4) is 0 Å². The van der Waals surface area contributed by atoms with Gasteiger partial charge >= 0.3 is 12.5 Å². The highest BCUT2D eigenvalue weighted by Gasteiger charge is 2.65. The molecular weight excluding hydrogens is 623 g/mol. The van der Waals surface area contributed by atoms with E-state index < -0.39 is 25.1 Å². The number of fused-ring (bicyclic) bond motifs is 8. The van der Waals surface area contributed by atoms with Crippen molar-refractivity contribution >= 4 is 40.5 Å². The van der Waals surface area contributed by atoms with E-state index in [9.17, 15) is 17.6 Å². The van der Waals surface area contributed by atoms with Crippen LogP contribution in [0.1, 0.15) is 17.9 Å². The highest BCUT2D eigenvalue weighted by molar-refractivity contribution is 6.35. The van der Waals surface area contributed by atoms with Crippen molar-refractivity contribution in [1.29, 1.82) is 0 Å². The van der Waals surface area contributed by atoms with Crippen LogP contribution < -0.4 is 5.01 Å². The minimum atomic E-state index is -4.54. The molecule has 0 spiro atoms. The molecule has 7 rings (SSSR count). The monoisotopic (exact) mass is 644 g/mol. The number of rotatable bonds is 8. The second-order valence-corrected chi connectivity index (χ2v) is 11.7. The molecule has 0 radical (unpaired) electrons. The topological polar surface area (TPSA) is 92.6 Å². The van der Waals surface area contributed by atoms with Gasteiger partial charge in [0.1, 0.15) is 30.8 Å². The Morgan fingerprint density at radius 2 is 1.64 bits per heavy atom. The molecular formula is C26H23Cl3F4N8O. The van der Waals surface area contributed by atoms with Gasteiger partial charge in [-0.15, -0.1) is 0 Å². The lowest BCUT2D eigenvalue weighted by Gasteiger charge is -2.38. The van der Waals surface area contributed by atoms with Crippen molar-refractivity contribution in [2.75, 3.05) is 11.6 Å². The average Bonchev–Trinajstić information content (AvgIpc) is 3.70. The summed E-state index contributed by atoms with van der Waals surface area (Å²) in [6.45, 7) is -0.612. The summed E-state index contributed by atoms with van der Waals surface area (Å²) in [5.74, 6) is 0.368. The van der Waals surface area contributed by atoms with Crippen LogP contribution in [0.25, 0.3) is 0 Å². The van der Waals surface area contributed by atoms with Gasteiger partial charge in [-0.1, -0.05) is 46.1 Å². The molecule has 2 fully saturated rings. The summed E-state index contributed by atoms with van der Waals surface area (Å²) in [6, 6.07) is 13.8. The van der Waals surface area contributed by atoms with Gasteiger partial charge in [-0.25, -0.2) is 18.8 Å². The molecule has 9 nitrogen and oxygen atoms in total. The lowest BCUT2D eigenvalue weighted by Crippen LogP contribution is -2.52. The van der Waals surface area contributed by atoms with E-state index in [0.29, 0.717) is 46.6 Å². The van der Waals surface area contributed by atoms with Crippen LogP contribution in [0.2, 0.25) is 15.1 Å². The zero-order chi connectivity index (χ0) is 29.6. The zero-order valence-corrected chi connectivity index (χ0v) is 23.8. The van der Waals surface area contributed by atoms with Gasteiger partial charge in [-0.3, -0.25) is 4.68 Å². The summed E-state index contributed by atoms with van der Waals surface area (Å²) in [5.41, 5.74) is 1.50. The number of benzene rings is 2. The van der Waals surface area contributed by atoms with Gasteiger partial charge < -0.3 is 4.74 Å². The first-order valence-electron chi connectivity index (χ1n) is 13.0. The maximum Gasteiger partial charge on any atom is 0.416 e. The van der Waals surface area contributed by atoms with Crippen molar-refractivity contribution in [3.63, 3.8) is 0 Å². The lowest BCUT2D eigenvalue weighted by atomic mass is 9.82. The van der Waals surface area contributed by atoms with Gasteiger partial charge in [-0.2, -0.15) is 29.2 Å². The smallest absolute Gasteiger partial charge is 0.315 e. The predicted octanol–water partition coefficient (Wildman–Crippen LogP) is 7.36. The minimum absolute atomic E-state index is 0.0701. The number of alkyl halides is 4. The summed E-state index contributed by atoms with van der Waals surface area (Å²) in [5, 5.41) is 24.7. The summed E-state index contributed by atoms with van der Waals surface area (Å²) < 4.78 is 55.9. The Bertz CT molecular complexity index is 1460. The third-order valence-corrected chi connectivity index (χ3v) is 8.81. The quantitative estimate of drug-likeness (QED) is 0.239. The SMILES string of the molecule is Clc1ccc(N2N=NC3C4CC(C5N=NC45)C32)cc1.FC(F)C(F)(F)OCC(Cn1cncn1)c1ccc(Cl)cc1Cl. The normalized spacial score (nSPS) is 27.5. The summed E-state index contributed by atoms with van der Waals surface area (Å²) in [4.78, 5) is 3.73. The van der Waals surface area contributed by atoms with Crippen LogP contribution in [0.5, 0.6) is 0 Å². The highest BCUT2D eigenvalue weighted by atomic mass is 35.5. The molecule has 4 aliphatic rings. The van der Waals surface area contributed by atoms with Crippen LogP contribution in [0, 0.1) is 11.8 Å². The van der Waals surface area contributed by atoms with Crippen molar-refractivity contribution in [2.24, 2.45) is 32.4 Å². The fourth-order valence-corrected chi connectivity index (χ4v) is 6.74. The lowest BCUT2D eigenvalue weighted by molar-refractivity contribution is -0.302. The molecule has 3 heterocycles. The molecule has 3 aromatic rings. The molecule has 16 heteroatoms. The molecule has 0 saturated heterocycles. The summed E-state index contributed by atoms with van der Waals surface area (Å²) >= 11 is 17.8. The number of hydrogen-bond donors (Lipinski definition) is 0. The van der Waals surface area contributed by atoms with E-state index in [1.54, 1.807) is 0 Å². The second kappa shape index (κ2) is 11.7. The fourth-order valence-electron chi connectivity index (χ4n) is 6.05. The molecule has 2 aliphatic carbocycles. The maximum absolute atomic E-state index is 13.0. The standard InChI is InChI=1S/C13H11Cl2F4N3O.C13H12ClN5/c14-9-1-2-10(11(15)3-9)8(4-22-7-20-6-21-22)5-23-13(18,19)12(16)17;14-6-1-3-7(4-2-6)19-13-9-5-8(12(13)17-18-19)10-11(9)16-15-10/h1-3,6-8,12H,4-5H2;1-4,8-13H,5H2.